The molecular weight excluding hydrogens is 134 g/mol. The monoisotopic (exact) mass is 143 g/mol. The largest absolute Gasteiger partial charge is 0.276 e. The van der Waals surface area contributed by atoms with Crippen molar-refractivity contribution in [3.05, 3.63) is 0 Å². The third-order valence-electron chi connectivity index (χ3n) is 0.981. The molecule has 0 aromatic rings. The van der Waals surface area contributed by atoms with Crippen LogP contribution in [-0.4, -0.2) is 23.7 Å². The Hall–Kier alpha value is -0.510. The van der Waals surface area contributed by atoms with Crippen LogP contribution in [0.3, 0.4) is 0 Å². The van der Waals surface area contributed by atoms with E-state index in [1.807, 2.05) is 13.2 Å². The van der Waals surface area contributed by atoms with Gasteiger partial charge in [-0.05, 0) is 13.2 Å². The first-order valence-corrected chi connectivity index (χ1v) is 3.97. The SMILES string of the molecule is CSC1N=C(C)C=NN1. The van der Waals surface area contributed by atoms with Crippen LogP contribution in [0, 0.1) is 0 Å². The minimum atomic E-state index is 0.120. The molecule has 0 bridgehead atoms. The molecule has 3 nitrogen and oxygen atoms in total. The van der Waals surface area contributed by atoms with Gasteiger partial charge in [0, 0.05) is 0 Å². The van der Waals surface area contributed by atoms with Gasteiger partial charge in [-0.1, -0.05) is 0 Å². The van der Waals surface area contributed by atoms with E-state index in [0.717, 1.165) is 5.71 Å². The number of aliphatic imine (C=N–C) groups is 1. The quantitative estimate of drug-likeness (QED) is 0.586. The maximum Gasteiger partial charge on any atom is 0.181 e. The Morgan fingerprint density at radius 3 is 3.00 bits per heavy atom. The average Bonchev–Trinajstić information content (AvgIpc) is 1.88. The van der Waals surface area contributed by atoms with Crippen LogP contribution >= 0.6 is 11.8 Å². The van der Waals surface area contributed by atoms with Crippen molar-refractivity contribution in [3.8, 4) is 0 Å². The molecule has 9 heavy (non-hydrogen) atoms. The summed E-state index contributed by atoms with van der Waals surface area (Å²) in [7, 11) is 0. The van der Waals surface area contributed by atoms with E-state index in [-0.39, 0.29) is 5.50 Å². The van der Waals surface area contributed by atoms with Gasteiger partial charge < -0.3 is 0 Å². The van der Waals surface area contributed by atoms with Crippen molar-refractivity contribution in [2.75, 3.05) is 6.26 Å². The highest BCUT2D eigenvalue weighted by Crippen LogP contribution is 2.05. The zero-order valence-electron chi connectivity index (χ0n) is 5.46. The fraction of sp³-hybridized carbons (Fsp3) is 0.600. The second-order valence-electron chi connectivity index (χ2n) is 1.75. The number of rotatable bonds is 1. The Labute approximate surface area is 58.6 Å². The van der Waals surface area contributed by atoms with Crippen LogP contribution in [0.1, 0.15) is 6.92 Å². The van der Waals surface area contributed by atoms with Gasteiger partial charge in [-0.2, -0.15) is 5.10 Å². The topological polar surface area (TPSA) is 36.8 Å². The highest BCUT2D eigenvalue weighted by molar-refractivity contribution is 7.99. The molecule has 0 saturated carbocycles. The molecule has 0 fully saturated rings. The Morgan fingerprint density at radius 2 is 2.56 bits per heavy atom. The van der Waals surface area contributed by atoms with Crippen LogP contribution in [0.15, 0.2) is 10.1 Å². The van der Waals surface area contributed by atoms with Crippen LogP contribution in [0.5, 0.6) is 0 Å². The van der Waals surface area contributed by atoms with Gasteiger partial charge in [-0.3, -0.25) is 10.4 Å². The third-order valence-corrected chi connectivity index (χ3v) is 1.64. The van der Waals surface area contributed by atoms with Crippen LogP contribution < -0.4 is 5.43 Å². The molecule has 1 atom stereocenters. The predicted octanol–water partition coefficient (Wildman–Crippen LogP) is 0.683. The minimum absolute atomic E-state index is 0.120. The molecule has 1 N–H and O–H groups in total. The molecular formula is C5H9N3S. The van der Waals surface area contributed by atoms with Crippen molar-refractivity contribution in [1.82, 2.24) is 5.43 Å². The van der Waals surface area contributed by atoms with E-state index < -0.39 is 0 Å². The van der Waals surface area contributed by atoms with Crippen LogP contribution in [0.2, 0.25) is 0 Å². The van der Waals surface area contributed by atoms with Crippen molar-refractivity contribution in [2.45, 2.75) is 12.4 Å². The summed E-state index contributed by atoms with van der Waals surface area (Å²) in [5.74, 6) is 0. The summed E-state index contributed by atoms with van der Waals surface area (Å²) in [5, 5.41) is 3.88. The van der Waals surface area contributed by atoms with Crippen molar-refractivity contribution in [1.29, 1.82) is 0 Å². The summed E-state index contributed by atoms with van der Waals surface area (Å²) in [6, 6.07) is 0. The zero-order valence-corrected chi connectivity index (χ0v) is 6.27. The van der Waals surface area contributed by atoms with Gasteiger partial charge in [0.25, 0.3) is 0 Å². The molecule has 1 rings (SSSR count). The lowest BCUT2D eigenvalue weighted by Crippen LogP contribution is -2.24. The smallest absolute Gasteiger partial charge is 0.181 e. The minimum Gasteiger partial charge on any atom is -0.276 e. The second kappa shape index (κ2) is 2.87. The highest BCUT2D eigenvalue weighted by atomic mass is 32.2. The average molecular weight is 143 g/mol. The maximum absolute atomic E-state index is 4.22. The summed E-state index contributed by atoms with van der Waals surface area (Å²) in [6.45, 7) is 1.94. The normalized spacial score (nSPS) is 25.1. The van der Waals surface area contributed by atoms with Crippen LogP contribution in [-0.2, 0) is 0 Å². The Bertz CT molecular complexity index is 152. The summed E-state index contributed by atoms with van der Waals surface area (Å²) >= 11 is 1.64. The first-order valence-electron chi connectivity index (χ1n) is 2.68. The molecule has 0 aliphatic carbocycles. The van der Waals surface area contributed by atoms with Crippen molar-refractivity contribution < 1.29 is 0 Å². The van der Waals surface area contributed by atoms with E-state index in [2.05, 4.69) is 15.5 Å². The molecule has 50 valence electrons. The lowest BCUT2D eigenvalue weighted by atomic mass is 10.5. The lowest BCUT2D eigenvalue weighted by molar-refractivity contribution is 0.711. The van der Waals surface area contributed by atoms with Crippen molar-refractivity contribution in [2.24, 2.45) is 10.1 Å². The fourth-order valence-corrected chi connectivity index (χ4v) is 0.985. The molecule has 0 radical (unpaired) electrons. The summed E-state index contributed by atoms with van der Waals surface area (Å²) < 4.78 is 0. The number of nitrogens with one attached hydrogen (secondary N) is 1. The van der Waals surface area contributed by atoms with E-state index >= 15 is 0 Å². The molecule has 0 spiro atoms. The first kappa shape index (κ1) is 6.61. The summed E-state index contributed by atoms with van der Waals surface area (Å²) in [6.07, 6.45) is 3.71. The molecule has 1 heterocycles. The van der Waals surface area contributed by atoms with Crippen LogP contribution in [0.4, 0.5) is 0 Å². The van der Waals surface area contributed by atoms with E-state index in [0.29, 0.717) is 0 Å². The van der Waals surface area contributed by atoms with E-state index in [1.54, 1.807) is 18.0 Å². The van der Waals surface area contributed by atoms with Crippen molar-refractivity contribution in [3.63, 3.8) is 0 Å². The molecule has 1 unspecified atom stereocenters. The molecule has 4 heteroatoms. The van der Waals surface area contributed by atoms with Gasteiger partial charge in [-0.15, -0.1) is 11.8 Å². The van der Waals surface area contributed by atoms with Gasteiger partial charge >= 0.3 is 0 Å². The first-order chi connectivity index (χ1) is 4.33. The number of thioether (sulfide) groups is 1. The number of hydrogen-bond donors (Lipinski definition) is 1. The summed E-state index contributed by atoms with van der Waals surface area (Å²) in [4.78, 5) is 4.22. The maximum atomic E-state index is 4.22. The number of hydrazone groups is 1. The number of hydrogen-bond acceptors (Lipinski definition) is 4. The van der Waals surface area contributed by atoms with E-state index in [4.69, 9.17) is 0 Å². The lowest BCUT2D eigenvalue weighted by Gasteiger charge is -2.12. The van der Waals surface area contributed by atoms with Gasteiger partial charge in [0.1, 0.15) is 0 Å². The standard InChI is InChI=1S/C5H9N3S/c1-4-3-6-8-5(7-4)9-2/h3,5,8H,1-2H3. The second-order valence-corrected chi connectivity index (χ2v) is 2.66. The van der Waals surface area contributed by atoms with Crippen molar-refractivity contribution >= 4 is 23.7 Å². The Morgan fingerprint density at radius 1 is 1.78 bits per heavy atom. The third kappa shape index (κ3) is 1.71. The van der Waals surface area contributed by atoms with Gasteiger partial charge in [0.2, 0.25) is 0 Å². The van der Waals surface area contributed by atoms with Crippen LogP contribution in [0.25, 0.3) is 0 Å². The Balaban J connectivity index is 2.55. The predicted molar refractivity (Wildman–Crippen MR) is 42.0 cm³/mol. The van der Waals surface area contributed by atoms with Gasteiger partial charge in [0.15, 0.2) is 5.50 Å². The van der Waals surface area contributed by atoms with E-state index in [1.165, 1.54) is 0 Å². The molecule has 0 aromatic heterocycles. The molecule has 1 aliphatic rings. The molecule has 0 amide bonds. The fourth-order valence-electron chi connectivity index (χ4n) is 0.547. The number of nitrogens with zero attached hydrogens (tertiary/aromatic N) is 2. The zero-order chi connectivity index (χ0) is 6.69. The van der Waals surface area contributed by atoms with Gasteiger partial charge in [-0.25, -0.2) is 0 Å². The van der Waals surface area contributed by atoms with E-state index in [9.17, 15) is 0 Å². The summed E-state index contributed by atoms with van der Waals surface area (Å²) in [5.41, 5.74) is 3.94. The molecule has 1 aliphatic heterocycles. The Kier molecular flexibility index (Phi) is 2.10. The molecule has 0 saturated heterocycles. The van der Waals surface area contributed by atoms with Gasteiger partial charge in [0.05, 0.1) is 11.9 Å². The highest BCUT2D eigenvalue weighted by Gasteiger charge is 2.04. The molecule has 0 aromatic carbocycles.